The zero-order valence-electron chi connectivity index (χ0n) is 11.8. The highest BCUT2D eigenvalue weighted by molar-refractivity contribution is 5.90. The van der Waals surface area contributed by atoms with Gasteiger partial charge in [-0.3, -0.25) is 4.79 Å². The second-order valence-electron chi connectivity index (χ2n) is 4.43. The van der Waals surface area contributed by atoms with E-state index in [1.807, 2.05) is 64.1 Å². The molecule has 0 radical (unpaired) electrons. The molecule has 0 spiro atoms. The summed E-state index contributed by atoms with van der Waals surface area (Å²) in [6, 6.07) is 11.3. The second-order valence-corrected chi connectivity index (χ2v) is 4.43. The minimum atomic E-state index is 0.0463. The lowest BCUT2D eigenvalue weighted by atomic mass is 10.1. The van der Waals surface area contributed by atoms with Crippen molar-refractivity contribution in [3.8, 4) is 0 Å². The molecule has 19 heavy (non-hydrogen) atoms. The van der Waals surface area contributed by atoms with E-state index < -0.39 is 0 Å². The third-order valence-corrected chi connectivity index (χ3v) is 2.98. The van der Waals surface area contributed by atoms with E-state index in [0.29, 0.717) is 21.9 Å². The highest BCUT2D eigenvalue weighted by Gasteiger charge is 2.07. The van der Waals surface area contributed by atoms with Gasteiger partial charge in [0.25, 0.3) is 0 Å². The van der Waals surface area contributed by atoms with Crippen molar-refractivity contribution in [2.24, 2.45) is 0 Å². The van der Waals surface area contributed by atoms with Gasteiger partial charge in [0.15, 0.2) is 0 Å². The SMILES string of the molecule is CC.Cc1ccc2c(=O)c3cc(C)ccc3oc2c1. The summed E-state index contributed by atoms with van der Waals surface area (Å²) in [7, 11) is 0. The lowest BCUT2D eigenvalue weighted by molar-refractivity contribution is 0.659. The first-order valence-corrected chi connectivity index (χ1v) is 6.59. The Labute approximate surface area is 112 Å². The van der Waals surface area contributed by atoms with Gasteiger partial charge in [-0.2, -0.15) is 0 Å². The molecule has 0 aliphatic rings. The smallest absolute Gasteiger partial charge is 0.200 e. The number of benzene rings is 2. The van der Waals surface area contributed by atoms with E-state index in [0.717, 1.165) is 11.1 Å². The zero-order chi connectivity index (χ0) is 14.0. The largest absolute Gasteiger partial charge is 0.456 e. The number of hydrogen-bond donors (Lipinski definition) is 0. The monoisotopic (exact) mass is 254 g/mol. The molecular weight excluding hydrogens is 236 g/mol. The van der Waals surface area contributed by atoms with Gasteiger partial charge >= 0.3 is 0 Å². The third kappa shape index (κ3) is 2.39. The maximum atomic E-state index is 12.3. The molecule has 0 aliphatic carbocycles. The van der Waals surface area contributed by atoms with Crippen molar-refractivity contribution in [1.82, 2.24) is 0 Å². The van der Waals surface area contributed by atoms with Gasteiger partial charge in [0.05, 0.1) is 10.8 Å². The molecule has 3 rings (SSSR count). The van der Waals surface area contributed by atoms with Gasteiger partial charge < -0.3 is 4.42 Å². The molecule has 0 atom stereocenters. The van der Waals surface area contributed by atoms with Crippen LogP contribution < -0.4 is 5.43 Å². The van der Waals surface area contributed by atoms with Crippen LogP contribution in [0.2, 0.25) is 0 Å². The topological polar surface area (TPSA) is 30.2 Å². The van der Waals surface area contributed by atoms with Gasteiger partial charge in [0.2, 0.25) is 5.43 Å². The van der Waals surface area contributed by atoms with Crippen LogP contribution in [0.4, 0.5) is 0 Å². The average Bonchev–Trinajstić information content (AvgIpc) is 2.42. The average molecular weight is 254 g/mol. The molecule has 2 heteroatoms. The van der Waals surface area contributed by atoms with E-state index in [1.54, 1.807) is 0 Å². The number of fused-ring (bicyclic) bond motifs is 2. The first-order valence-electron chi connectivity index (χ1n) is 6.59. The quantitative estimate of drug-likeness (QED) is 0.549. The summed E-state index contributed by atoms with van der Waals surface area (Å²) < 4.78 is 5.76. The van der Waals surface area contributed by atoms with Gasteiger partial charge in [-0.05, 0) is 43.7 Å². The van der Waals surface area contributed by atoms with Gasteiger partial charge in [-0.25, -0.2) is 0 Å². The van der Waals surface area contributed by atoms with Crippen LogP contribution in [-0.4, -0.2) is 0 Å². The molecule has 0 aliphatic heterocycles. The van der Waals surface area contributed by atoms with Crippen molar-refractivity contribution in [3.63, 3.8) is 0 Å². The summed E-state index contributed by atoms with van der Waals surface area (Å²) in [6.07, 6.45) is 0. The molecule has 0 amide bonds. The number of rotatable bonds is 0. The minimum Gasteiger partial charge on any atom is -0.456 e. The predicted molar refractivity (Wildman–Crippen MR) is 80.8 cm³/mol. The molecule has 1 heterocycles. The Morgan fingerprint density at radius 2 is 1.42 bits per heavy atom. The van der Waals surface area contributed by atoms with Crippen molar-refractivity contribution < 1.29 is 4.42 Å². The molecule has 0 unspecified atom stereocenters. The van der Waals surface area contributed by atoms with Crippen LogP contribution in [0.1, 0.15) is 25.0 Å². The first-order chi connectivity index (χ1) is 9.15. The summed E-state index contributed by atoms with van der Waals surface area (Å²) in [4.78, 5) is 12.3. The fourth-order valence-electron chi connectivity index (χ4n) is 2.08. The van der Waals surface area contributed by atoms with Gasteiger partial charge in [-0.15, -0.1) is 0 Å². The Morgan fingerprint density at radius 1 is 0.789 bits per heavy atom. The van der Waals surface area contributed by atoms with Crippen LogP contribution in [-0.2, 0) is 0 Å². The highest BCUT2D eigenvalue weighted by atomic mass is 16.3. The highest BCUT2D eigenvalue weighted by Crippen LogP contribution is 2.20. The van der Waals surface area contributed by atoms with Crippen molar-refractivity contribution in [2.45, 2.75) is 27.7 Å². The summed E-state index contributed by atoms with van der Waals surface area (Å²) in [6.45, 7) is 7.96. The van der Waals surface area contributed by atoms with E-state index in [1.165, 1.54) is 0 Å². The molecular formula is C17H18O2. The Kier molecular flexibility index (Phi) is 3.70. The van der Waals surface area contributed by atoms with Crippen LogP contribution >= 0.6 is 0 Å². The van der Waals surface area contributed by atoms with Crippen molar-refractivity contribution >= 4 is 21.9 Å². The van der Waals surface area contributed by atoms with E-state index in [2.05, 4.69) is 0 Å². The van der Waals surface area contributed by atoms with E-state index in [-0.39, 0.29) is 5.43 Å². The molecule has 0 fully saturated rings. The van der Waals surface area contributed by atoms with Gasteiger partial charge in [0.1, 0.15) is 11.2 Å². The van der Waals surface area contributed by atoms with Crippen LogP contribution in [0.3, 0.4) is 0 Å². The number of aryl methyl sites for hydroxylation is 2. The fourth-order valence-corrected chi connectivity index (χ4v) is 2.08. The van der Waals surface area contributed by atoms with E-state index >= 15 is 0 Å². The zero-order valence-corrected chi connectivity index (χ0v) is 11.8. The summed E-state index contributed by atoms with van der Waals surface area (Å²) in [5.41, 5.74) is 3.51. The molecule has 1 aromatic heterocycles. The fraction of sp³-hybridized carbons (Fsp3) is 0.235. The molecule has 0 saturated heterocycles. The van der Waals surface area contributed by atoms with Gasteiger partial charge in [-0.1, -0.05) is 31.5 Å². The van der Waals surface area contributed by atoms with Crippen molar-refractivity contribution in [3.05, 3.63) is 57.7 Å². The van der Waals surface area contributed by atoms with Gasteiger partial charge in [0, 0.05) is 0 Å². The molecule has 2 nitrogen and oxygen atoms in total. The van der Waals surface area contributed by atoms with Crippen LogP contribution in [0.5, 0.6) is 0 Å². The van der Waals surface area contributed by atoms with Crippen molar-refractivity contribution in [1.29, 1.82) is 0 Å². The normalized spacial score (nSPS) is 10.3. The van der Waals surface area contributed by atoms with Crippen LogP contribution in [0, 0.1) is 13.8 Å². The maximum Gasteiger partial charge on any atom is 0.200 e. The van der Waals surface area contributed by atoms with Crippen molar-refractivity contribution in [2.75, 3.05) is 0 Å². The summed E-state index contributed by atoms with van der Waals surface area (Å²) in [5, 5.41) is 1.30. The molecule has 0 bridgehead atoms. The lowest BCUT2D eigenvalue weighted by Crippen LogP contribution is -2.02. The number of hydrogen-bond acceptors (Lipinski definition) is 2. The third-order valence-electron chi connectivity index (χ3n) is 2.98. The predicted octanol–water partition coefficient (Wildman–Crippen LogP) is 4.59. The Morgan fingerprint density at radius 3 is 2.16 bits per heavy atom. The first kappa shape index (κ1) is 13.3. The van der Waals surface area contributed by atoms with Crippen LogP contribution in [0.15, 0.2) is 45.6 Å². The maximum absolute atomic E-state index is 12.3. The van der Waals surface area contributed by atoms with E-state index in [4.69, 9.17) is 4.42 Å². The molecule has 0 N–H and O–H groups in total. The molecule has 3 aromatic rings. The standard InChI is InChI=1S/C15H12O2.C2H6/c1-9-4-6-13-12(7-9)15(16)11-5-3-10(2)8-14(11)17-13;1-2/h3-8H,1-2H3;1-2H3. The summed E-state index contributed by atoms with van der Waals surface area (Å²) >= 11 is 0. The lowest BCUT2D eigenvalue weighted by Gasteiger charge is -2.02. The van der Waals surface area contributed by atoms with Crippen LogP contribution in [0.25, 0.3) is 21.9 Å². The summed E-state index contributed by atoms with van der Waals surface area (Å²) in [5.74, 6) is 0. The second kappa shape index (κ2) is 5.27. The van der Waals surface area contributed by atoms with E-state index in [9.17, 15) is 4.79 Å². The molecule has 2 aromatic carbocycles. The Balaban J connectivity index is 0.000000637. The minimum absolute atomic E-state index is 0.0463. The Bertz CT molecular complexity index is 782. The molecule has 0 saturated carbocycles. The Hall–Kier alpha value is -2.09. The molecule has 98 valence electrons.